The van der Waals surface area contributed by atoms with E-state index in [-0.39, 0.29) is 28.3 Å². The number of amides is 1. The Kier molecular flexibility index (Phi) is 4.09. The molecular formula is C16H8ClN7O. The minimum absolute atomic E-state index is 0.102. The van der Waals surface area contributed by atoms with Crippen LogP contribution in [0.15, 0.2) is 52.1 Å². The molecule has 2 N–H and O–H groups in total. The van der Waals surface area contributed by atoms with Crippen LogP contribution in [-0.2, 0) is 0 Å². The maximum absolute atomic E-state index is 12.2. The monoisotopic (exact) mass is 349 g/mol. The lowest BCUT2D eigenvalue weighted by Gasteiger charge is -2.29. The zero-order valence-electron chi connectivity index (χ0n) is 12.5. The molecule has 0 radical (unpaired) electrons. The first kappa shape index (κ1) is 16.1. The van der Waals surface area contributed by atoms with Crippen LogP contribution in [0.25, 0.3) is 0 Å². The van der Waals surface area contributed by atoms with E-state index in [1.165, 1.54) is 11.1 Å². The topological polar surface area (TPSA) is 128 Å². The van der Waals surface area contributed by atoms with Crippen molar-refractivity contribution in [1.29, 1.82) is 15.8 Å². The standard InChI is InChI=1S/C16H8ClN7O/c17-15-13(7-20)24(12(6-19)11(5-18)22-15)8-14-21-10-4-2-1-3-9(10)16(25)23-14/h1-4,8,12,21H,(H,23,25). The van der Waals surface area contributed by atoms with Crippen molar-refractivity contribution in [2.24, 2.45) is 4.99 Å². The van der Waals surface area contributed by atoms with Gasteiger partial charge in [0.25, 0.3) is 5.91 Å². The number of fused-ring (bicyclic) bond motifs is 1. The van der Waals surface area contributed by atoms with Crippen molar-refractivity contribution in [3.8, 4) is 18.2 Å². The van der Waals surface area contributed by atoms with Gasteiger partial charge in [0.05, 0.1) is 17.3 Å². The van der Waals surface area contributed by atoms with Crippen LogP contribution in [0.4, 0.5) is 5.69 Å². The first-order chi connectivity index (χ1) is 12.1. The second-order valence-electron chi connectivity index (χ2n) is 4.97. The Morgan fingerprint density at radius 3 is 2.64 bits per heavy atom. The lowest BCUT2D eigenvalue weighted by atomic mass is 10.1. The van der Waals surface area contributed by atoms with Gasteiger partial charge < -0.3 is 15.5 Å². The molecular weight excluding hydrogens is 342 g/mol. The molecule has 0 aliphatic carbocycles. The van der Waals surface area contributed by atoms with E-state index in [1.807, 2.05) is 12.1 Å². The summed E-state index contributed by atoms with van der Waals surface area (Å²) in [6.45, 7) is 0. The van der Waals surface area contributed by atoms with Crippen LogP contribution in [0.1, 0.15) is 10.4 Å². The SMILES string of the molecule is N#CC1=NC(Cl)=C(C#N)N(C=C2NC(=O)c3ccccc3N2)C1C#N. The Balaban J connectivity index is 2.04. The average molecular weight is 350 g/mol. The highest BCUT2D eigenvalue weighted by atomic mass is 35.5. The zero-order valence-corrected chi connectivity index (χ0v) is 13.2. The highest BCUT2D eigenvalue weighted by Gasteiger charge is 2.32. The lowest BCUT2D eigenvalue weighted by molar-refractivity contribution is 0.0963. The van der Waals surface area contributed by atoms with Crippen molar-refractivity contribution in [1.82, 2.24) is 10.2 Å². The summed E-state index contributed by atoms with van der Waals surface area (Å²) in [5.41, 5.74) is 0.787. The number of hydrogen-bond donors (Lipinski definition) is 2. The summed E-state index contributed by atoms with van der Waals surface area (Å²) in [4.78, 5) is 17.1. The molecule has 1 amide bonds. The lowest BCUT2D eigenvalue weighted by Crippen LogP contribution is -2.41. The molecule has 1 aromatic rings. The molecule has 2 aliphatic heterocycles. The molecule has 0 spiro atoms. The molecule has 2 heterocycles. The van der Waals surface area contributed by atoms with Gasteiger partial charge in [-0.05, 0) is 12.1 Å². The van der Waals surface area contributed by atoms with E-state index in [9.17, 15) is 15.3 Å². The Bertz CT molecular complexity index is 987. The average Bonchev–Trinajstić information content (AvgIpc) is 2.61. The molecule has 1 atom stereocenters. The van der Waals surface area contributed by atoms with E-state index in [0.29, 0.717) is 11.3 Å². The van der Waals surface area contributed by atoms with Crippen LogP contribution in [0.2, 0.25) is 0 Å². The van der Waals surface area contributed by atoms with Gasteiger partial charge in [0, 0.05) is 6.20 Å². The number of para-hydroxylation sites is 1. The minimum Gasteiger partial charge on any atom is -0.340 e. The molecule has 8 nitrogen and oxygen atoms in total. The predicted octanol–water partition coefficient (Wildman–Crippen LogP) is 1.74. The Morgan fingerprint density at radius 1 is 1.20 bits per heavy atom. The van der Waals surface area contributed by atoms with Crippen molar-refractivity contribution >= 4 is 28.9 Å². The summed E-state index contributed by atoms with van der Waals surface area (Å²) < 4.78 is 0. The van der Waals surface area contributed by atoms with Crippen molar-refractivity contribution in [3.63, 3.8) is 0 Å². The van der Waals surface area contributed by atoms with Crippen LogP contribution in [0.5, 0.6) is 0 Å². The molecule has 0 fully saturated rings. The molecule has 0 saturated heterocycles. The van der Waals surface area contributed by atoms with Crippen molar-refractivity contribution < 1.29 is 4.79 Å². The molecule has 120 valence electrons. The van der Waals surface area contributed by atoms with Gasteiger partial charge in [-0.2, -0.15) is 15.8 Å². The maximum Gasteiger partial charge on any atom is 0.258 e. The van der Waals surface area contributed by atoms with Crippen LogP contribution < -0.4 is 10.6 Å². The number of nitrogens with zero attached hydrogens (tertiary/aromatic N) is 5. The molecule has 25 heavy (non-hydrogen) atoms. The highest BCUT2D eigenvalue weighted by Crippen LogP contribution is 2.27. The molecule has 0 bridgehead atoms. The fourth-order valence-corrected chi connectivity index (χ4v) is 2.63. The second-order valence-corrected chi connectivity index (χ2v) is 5.32. The van der Waals surface area contributed by atoms with Crippen LogP contribution in [0, 0.1) is 34.0 Å². The smallest absolute Gasteiger partial charge is 0.258 e. The molecule has 3 rings (SSSR count). The van der Waals surface area contributed by atoms with E-state index in [1.54, 1.807) is 30.3 Å². The number of allylic oxidation sites excluding steroid dienone is 1. The number of nitriles is 3. The van der Waals surface area contributed by atoms with Crippen LogP contribution >= 0.6 is 11.6 Å². The first-order valence-corrected chi connectivity index (χ1v) is 7.32. The van der Waals surface area contributed by atoms with Gasteiger partial charge in [-0.15, -0.1) is 0 Å². The van der Waals surface area contributed by atoms with E-state index < -0.39 is 6.04 Å². The van der Waals surface area contributed by atoms with Gasteiger partial charge in [-0.3, -0.25) is 4.79 Å². The summed E-state index contributed by atoms with van der Waals surface area (Å²) in [5, 5.41) is 33.2. The largest absolute Gasteiger partial charge is 0.340 e. The Labute approximate surface area is 147 Å². The fourth-order valence-electron chi connectivity index (χ4n) is 2.40. The summed E-state index contributed by atoms with van der Waals surface area (Å²) in [7, 11) is 0. The summed E-state index contributed by atoms with van der Waals surface area (Å²) >= 11 is 5.93. The van der Waals surface area contributed by atoms with Gasteiger partial charge in [0.15, 0.2) is 22.6 Å². The van der Waals surface area contributed by atoms with Crippen LogP contribution in [0.3, 0.4) is 0 Å². The quantitative estimate of drug-likeness (QED) is 0.743. The first-order valence-electron chi connectivity index (χ1n) is 6.94. The summed E-state index contributed by atoms with van der Waals surface area (Å²) in [5.74, 6) is -0.103. The number of hydrogen-bond acceptors (Lipinski definition) is 7. The maximum atomic E-state index is 12.2. The van der Waals surface area contributed by atoms with Gasteiger partial charge in [0.2, 0.25) is 0 Å². The van der Waals surface area contributed by atoms with Crippen molar-refractivity contribution in [2.45, 2.75) is 6.04 Å². The van der Waals surface area contributed by atoms with E-state index >= 15 is 0 Å². The van der Waals surface area contributed by atoms with Gasteiger partial charge in [-0.1, -0.05) is 23.7 Å². The van der Waals surface area contributed by atoms with Gasteiger partial charge in [0.1, 0.15) is 18.0 Å². The number of benzene rings is 1. The number of halogens is 1. The molecule has 1 unspecified atom stereocenters. The normalized spacial score (nSPS) is 20.5. The summed E-state index contributed by atoms with van der Waals surface area (Å²) in [6, 6.07) is 11.3. The molecule has 2 aliphatic rings. The number of aliphatic imine (C=N–C) groups is 1. The summed E-state index contributed by atoms with van der Waals surface area (Å²) in [6.07, 6.45) is 1.34. The highest BCUT2D eigenvalue weighted by molar-refractivity contribution is 6.31. The Morgan fingerprint density at radius 2 is 1.96 bits per heavy atom. The number of carbonyl (C=O) groups is 1. The third-order valence-electron chi connectivity index (χ3n) is 3.51. The van der Waals surface area contributed by atoms with E-state index in [0.717, 1.165) is 0 Å². The van der Waals surface area contributed by atoms with Gasteiger partial charge >= 0.3 is 0 Å². The zero-order chi connectivity index (χ0) is 18.0. The third kappa shape index (κ3) is 2.76. The van der Waals surface area contributed by atoms with Gasteiger partial charge in [-0.25, -0.2) is 4.99 Å². The number of nitrogens with one attached hydrogen (secondary N) is 2. The predicted molar refractivity (Wildman–Crippen MR) is 88.4 cm³/mol. The van der Waals surface area contributed by atoms with Crippen LogP contribution in [-0.4, -0.2) is 22.6 Å². The molecule has 0 saturated carbocycles. The minimum atomic E-state index is -1.13. The molecule has 0 aromatic heterocycles. The van der Waals surface area contributed by atoms with E-state index in [4.69, 9.17) is 16.9 Å². The van der Waals surface area contributed by atoms with Crippen molar-refractivity contribution in [3.05, 3.63) is 52.7 Å². The van der Waals surface area contributed by atoms with E-state index in [2.05, 4.69) is 15.6 Å². The molecule has 1 aromatic carbocycles. The fraction of sp³-hybridized carbons (Fsp3) is 0.0625. The number of rotatable bonds is 1. The number of carbonyl (C=O) groups excluding carboxylic acids is 1. The second kappa shape index (κ2) is 6.37. The van der Waals surface area contributed by atoms with Crippen molar-refractivity contribution in [2.75, 3.05) is 5.32 Å². The molecule has 9 heteroatoms. The Hall–Kier alpha value is -3.80. The third-order valence-corrected chi connectivity index (χ3v) is 3.77. The number of anilines is 1.